The van der Waals surface area contributed by atoms with Crippen molar-refractivity contribution in [1.29, 1.82) is 0 Å². The van der Waals surface area contributed by atoms with Crippen LogP contribution in [0, 0.1) is 12.9 Å². The minimum absolute atomic E-state index is 0.0340. The number of anilines is 1. The van der Waals surface area contributed by atoms with Crippen molar-refractivity contribution in [3.05, 3.63) is 45.9 Å². The molecule has 0 aliphatic carbocycles. The molecular formula is C14H17BrFN3O. The first-order chi connectivity index (χ1) is 9.50. The van der Waals surface area contributed by atoms with Gasteiger partial charge < -0.3 is 5.32 Å². The maximum absolute atomic E-state index is 13.7. The van der Waals surface area contributed by atoms with Gasteiger partial charge in [-0.25, -0.2) is 4.68 Å². The molecule has 1 amide bonds. The average Bonchev–Trinajstić information content (AvgIpc) is 2.68. The number of para-hydroxylation sites is 1. The Labute approximate surface area is 126 Å². The van der Waals surface area contributed by atoms with Gasteiger partial charge in [0.05, 0.1) is 11.4 Å². The Hall–Kier alpha value is -1.69. The zero-order valence-corrected chi connectivity index (χ0v) is 13.5. The maximum Gasteiger partial charge on any atom is 0.262 e. The number of nitrogens with zero attached hydrogens (tertiary/aromatic N) is 2. The summed E-state index contributed by atoms with van der Waals surface area (Å²) in [6.07, 6.45) is 0. The fourth-order valence-electron chi connectivity index (χ4n) is 1.64. The summed E-state index contributed by atoms with van der Waals surface area (Å²) in [6.45, 7) is 5.60. The molecule has 0 aliphatic rings. The van der Waals surface area contributed by atoms with Crippen molar-refractivity contribution in [2.24, 2.45) is 7.05 Å². The number of benzene rings is 1. The average molecular weight is 342 g/mol. The molecule has 0 aliphatic heterocycles. The van der Waals surface area contributed by atoms with Crippen LogP contribution >= 0.6 is 15.9 Å². The summed E-state index contributed by atoms with van der Waals surface area (Å²) in [6, 6.07) is 7.14. The number of halogens is 2. The molecule has 0 bridgehead atoms. The van der Waals surface area contributed by atoms with E-state index in [1.807, 2.05) is 19.9 Å². The first-order valence-electron chi connectivity index (χ1n) is 6.25. The lowest BCUT2D eigenvalue weighted by atomic mass is 10.2. The van der Waals surface area contributed by atoms with Crippen molar-refractivity contribution in [3.63, 3.8) is 0 Å². The van der Waals surface area contributed by atoms with Crippen LogP contribution in [0.1, 0.15) is 29.9 Å². The van der Waals surface area contributed by atoms with E-state index >= 15 is 0 Å². The van der Waals surface area contributed by atoms with Crippen LogP contribution in [0.25, 0.3) is 0 Å². The van der Waals surface area contributed by atoms with Crippen LogP contribution < -0.4 is 5.32 Å². The summed E-state index contributed by atoms with van der Waals surface area (Å²) in [5.74, 6) is -1.15. The van der Waals surface area contributed by atoms with Crippen LogP contribution in [0.3, 0.4) is 0 Å². The first kappa shape index (κ1) is 16.4. The van der Waals surface area contributed by atoms with Gasteiger partial charge in [-0.1, -0.05) is 26.0 Å². The second-order valence-corrected chi connectivity index (χ2v) is 4.66. The lowest BCUT2D eigenvalue weighted by Gasteiger charge is -2.06. The number of aromatic nitrogens is 2. The number of aryl methyl sites for hydroxylation is 2. The van der Waals surface area contributed by atoms with Gasteiger partial charge >= 0.3 is 0 Å². The zero-order valence-electron chi connectivity index (χ0n) is 11.9. The predicted molar refractivity (Wildman–Crippen MR) is 81.3 cm³/mol. The highest BCUT2D eigenvalue weighted by molar-refractivity contribution is 9.10. The molecule has 1 heterocycles. The quantitative estimate of drug-likeness (QED) is 0.900. The number of amides is 1. The fraction of sp³-hybridized carbons (Fsp3) is 0.286. The molecule has 4 nitrogen and oxygen atoms in total. The molecule has 0 saturated heterocycles. The maximum atomic E-state index is 13.7. The number of rotatable bonds is 2. The van der Waals surface area contributed by atoms with E-state index in [9.17, 15) is 9.18 Å². The Morgan fingerprint density at radius 2 is 1.95 bits per heavy atom. The van der Waals surface area contributed by atoms with Crippen LogP contribution in [0.4, 0.5) is 10.1 Å². The van der Waals surface area contributed by atoms with E-state index in [4.69, 9.17) is 0 Å². The van der Waals surface area contributed by atoms with E-state index in [-0.39, 0.29) is 5.56 Å². The van der Waals surface area contributed by atoms with Gasteiger partial charge in [-0.2, -0.15) is 9.49 Å². The lowest BCUT2D eigenvalue weighted by molar-refractivity contribution is 0.102. The standard InChI is InChI=1S/C12H11BrFN3O.C2H6/c1-7-10(11(14)17(2)16-7)12(18)15-9-6-4-3-5-8(9)13;1-2/h3-6H,1-2H3,(H,15,18);1-2H3. The highest BCUT2D eigenvalue weighted by Crippen LogP contribution is 2.22. The molecule has 0 fully saturated rings. The molecule has 0 atom stereocenters. The summed E-state index contributed by atoms with van der Waals surface area (Å²) >= 11 is 3.31. The molecule has 0 unspecified atom stereocenters. The molecule has 0 saturated carbocycles. The van der Waals surface area contributed by atoms with Gasteiger partial charge in [0.15, 0.2) is 0 Å². The summed E-state index contributed by atoms with van der Waals surface area (Å²) in [5, 5.41) is 6.51. The monoisotopic (exact) mass is 341 g/mol. The van der Waals surface area contributed by atoms with E-state index < -0.39 is 11.9 Å². The normalized spacial score (nSPS) is 9.70. The number of hydrogen-bond acceptors (Lipinski definition) is 2. The van der Waals surface area contributed by atoms with Crippen LogP contribution in [0.2, 0.25) is 0 Å². The van der Waals surface area contributed by atoms with Crippen LogP contribution in [-0.4, -0.2) is 15.7 Å². The molecular weight excluding hydrogens is 325 g/mol. The van der Waals surface area contributed by atoms with Crippen molar-refractivity contribution in [1.82, 2.24) is 9.78 Å². The third-order valence-corrected chi connectivity index (χ3v) is 3.19. The van der Waals surface area contributed by atoms with Crippen molar-refractivity contribution in [2.45, 2.75) is 20.8 Å². The summed E-state index contributed by atoms with van der Waals surface area (Å²) in [5.41, 5.74) is 0.915. The van der Waals surface area contributed by atoms with E-state index in [0.717, 1.165) is 9.15 Å². The van der Waals surface area contributed by atoms with Crippen LogP contribution in [-0.2, 0) is 7.05 Å². The van der Waals surface area contributed by atoms with Gasteiger partial charge in [0, 0.05) is 11.5 Å². The topological polar surface area (TPSA) is 46.9 Å². The van der Waals surface area contributed by atoms with Crippen LogP contribution in [0.15, 0.2) is 28.7 Å². The molecule has 108 valence electrons. The second kappa shape index (κ2) is 7.19. The van der Waals surface area contributed by atoms with Gasteiger partial charge in [-0.05, 0) is 35.0 Å². The lowest BCUT2D eigenvalue weighted by Crippen LogP contribution is -2.14. The largest absolute Gasteiger partial charge is 0.321 e. The molecule has 1 N–H and O–H groups in total. The highest BCUT2D eigenvalue weighted by Gasteiger charge is 2.20. The zero-order chi connectivity index (χ0) is 15.3. The highest BCUT2D eigenvalue weighted by atomic mass is 79.9. The minimum atomic E-state index is -0.642. The Bertz CT molecular complexity index is 610. The molecule has 20 heavy (non-hydrogen) atoms. The first-order valence-corrected chi connectivity index (χ1v) is 7.05. The molecule has 0 spiro atoms. The smallest absolute Gasteiger partial charge is 0.262 e. The Kier molecular flexibility index (Phi) is 5.88. The van der Waals surface area contributed by atoms with Crippen molar-refractivity contribution >= 4 is 27.5 Å². The molecule has 1 aromatic carbocycles. The predicted octanol–water partition coefficient (Wildman–Crippen LogP) is 3.91. The number of carbonyl (C=O) groups excluding carboxylic acids is 1. The van der Waals surface area contributed by atoms with Gasteiger partial charge in [0.1, 0.15) is 5.56 Å². The molecule has 6 heteroatoms. The van der Waals surface area contributed by atoms with Gasteiger partial charge in [-0.3, -0.25) is 4.79 Å². The number of hydrogen-bond donors (Lipinski definition) is 1. The second-order valence-electron chi connectivity index (χ2n) is 3.81. The van der Waals surface area contributed by atoms with E-state index in [2.05, 4.69) is 26.3 Å². The molecule has 1 aromatic heterocycles. The minimum Gasteiger partial charge on any atom is -0.321 e. The molecule has 2 rings (SSSR count). The van der Waals surface area contributed by atoms with Crippen LogP contribution in [0.5, 0.6) is 0 Å². The summed E-state index contributed by atoms with van der Waals surface area (Å²) in [4.78, 5) is 12.0. The molecule has 2 aromatic rings. The van der Waals surface area contributed by atoms with E-state index in [1.54, 1.807) is 25.1 Å². The Morgan fingerprint density at radius 3 is 2.45 bits per heavy atom. The summed E-state index contributed by atoms with van der Waals surface area (Å²) < 4.78 is 15.5. The number of carbonyl (C=O) groups is 1. The van der Waals surface area contributed by atoms with Gasteiger partial charge in [0.2, 0.25) is 5.95 Å². The third kappa shape index (κ3) is 3.45. The van der Waals surface area contributed by atoms with Gasteiger partial charge in [0.25, 0.3) is 5.91 Å². The third-order valence-electron chi connectivity index (χ3n) is 2.50. The van der Waals surface area contributed by atoms with E-state index in [1.165, 1.54) is 7.05 Å². The van der Waals surface area contributed by atoms with Crippen molar-refractivity contribution < 1.29 is 9.18 Å². The fourth-order valence-corrected chi connectivity index (χ4v) is 2.02. The Balaban J connectivity index is 0.000000956. The van der Waals surface area contributed by atoms with Gasteiger partial charge in [-0.15, -0.1) is 0 Å². The Morgan fingerprint density at radius 1 is 1.35 bits per heavy atom. The van der Waals surface area contributed by atoms with Crippen molar-refractivity contribution in [3.8, 4) is 0 Å². The molecule has 0 radical (unpaired) electrons. The van der Waals surface area contributed by atoms with E-state index in [0.29, 0.717) is 11.4 Å². The van der Waals surface area contributed by atoms with Crippen molar-refractivity contribution in [2.75, 3.05) is 5.32 Å². The summed E-state index contributed by atoms with van der Waals surface area (Å²) in [7, 11) is 1.46. The number of nitrogens with one attached hydrogen (secondary N) is 1. The SMILES string of the molecule is CC.Cc1nn(C)c(F)c1C(=O)Nc1ccccc1Br.